The standard InChI is InChI=1S/C25H25.C11H17.2C6H4F.CH2.2ClH.Zr/c1-14-12-24(3,4)22-8-16-7-17-9-23-19(15(2)13-25(23,5)6)11-21(17)20(16)10-18(14)22;1-5-9-6-7-10(8-9)11(2,3)4;2*7-6-4-2-1-3-5-6;;;;/h8-12H,7H2,1-6H3;7-9H,5H2,1-4H3;2*1-2,4-5H;1H2;2*1H;/q4*-1;;;;. The summed E-state index contributed by atoms with van der Waals surface area (Å²) in [6.45, 7) is 22.6. The van der Waals surface area contributed by atoms with Crippen LogP contribution >= 0.6 is 24.8 Å². The van der Waals surface area contributed by atoms with Crippen molar-refractivity contribution in [1.82, 2.24) is 0 Å². The molecule has 0 radical (unpaired) electrons. The summed E-state index contributed by atoms with van der Waals surface area (Å²) in [4.78, 5) is 0. The van der Waals surface area contributed by atoms with Gasteiger partial charge >= 0.3 is 28.4 Å². The molecule has 8 rings (SSSR count). The number of rotatable bonds is 1. The molecule has 5 heteroatoms. The molecule has 0 aliphatic heterocycles. The zero-order valence-corrected chi connectivity index (χ0v) is 37.5. The van der Waals surface area contributed by atoms with Crippen LogP contribution in [0, 0.1) is 47.3 Å². The molecule has 0 nitrogen and oxygen atoms in total. The Morgan fingerprint density at radius 3 is 1.72 bits per heavy atom. The molecular formula is C49H54Cl2F2Zr-4. The van der Waals surface area contributed by atoms with Gasteiger partial charge in [-0.05, 0) is 58.4 Å². The van der Waals surface area contributed by atoms with Crippen molar-refractivity contribution in [3.8, 4) is 11.1 Å². The van der Waals surface area contributed by atoms with Crippen molar-refractivity contribution in [3.63, 3.8) is 0 Å². The summed E-state index contributed by atoms with van der Waals surface area (Å²) in [7, 11) is 0. The molecule has 0 spiro atoms. The van der Waals surface area contributed by atoms with E-state index in [1.165, 1.54) is 116 Å². The van der Waals surface area contributed by atoms with Gasteiger partial charge in [0.2, 0.25) is 0 Å². The molecular weight excluding hydrogens is 789 g/mol. The van der Waals surface area contributed by atoms with E-state index in [0.29, 0.717) is 11.3 Å². The molecule has 0 bridgehead atoms. The summed E-state index contributed by atoms with van der Waals surface area (Å²) in [5, 5.41) is 0. The molecule has 286 valence electrons. The second-order valence-electron chi connectivity index (χ2n) is 15.9. The first-order valence-electron chi connectivity index (χ1n) is 18.1. The number of hydrogen-bond acceptors (Lipinski definition) is 0. The fourth-order valence-electron chi connectivity index (χ4n) is 7.23. The first-order chi connectivity index (χ1) is 24.5. The van der Waals surface area contributed by atoms with Crippen molar-refractivity contribution >= 4 is 40.2 Å². The Bertz CT molecular complexity index is 1870. The number of hydrogen-bond donors (Lipinski definition) is 0. The average Bonchev–Trinajstić information content (AvgIpc) is 3.84. The molecule has 0 aromatic heterocycles. The predicted octanol–water partition coefficient (Wildman–Crippen LogP) is 13.9. The molecule has 0 heterocycles. The van der Waals surface area contributed by atoms with Gasteiger partial charge in [0.15, 0.2) is 0 Å². The molecule has 4 aliphatic carbocycles. The zero-order valence-electron chi connectivity index (χ0n) is 33.4. The van der Waals surface area contributed by atoms with Gasteiger partial charge in [0.25, 0.3) is 0 Å². The van der Waals surface area contributed by atoms with Gasteiger partial charge in [-0.3, -0.25) is 20.9 Å². The first kappa shape index (κ1) is 47.2. The predicted molar refractivity (Wildman–Crippen MR) is 228 cm³/mol. The maximum atomic E-state index is 11.9. The van der Waals surface area contributed by atoms with E-state index in [1.54, 1.807) is 24.3 Å². The van der Waals surface area contributed by atoms with E-state index >= 15 is 0 Å². The molecule has 1 atom stereocenters. The number of benzene rings is 4. The van der Waals surface area contributed by atoms with Crippen LogP contribution in [0.2, 0.25) is 0 Å². The summed E-state index contributed by atoms with van der Waals surface area (Å²) in [5.41, 5.74) is 16.3. The second-order valence-corrected chi connectivity index (χ2v) is 15.9. The van der Waals surface area contributed by atoms with Crippen molar-refractivity contribution < 1.29 is 33.0 Å². The fourth-order valence-corrected chi connectivity index (χ4v) is 7.23. The van der Waals surface area contributed by atoms with Crippen molar-refractivity contribution in [2.75, 3.05) is 0 Å². The molecule has 0 saturated carbocycles. The molecule has 4 aromatic carbocycles. The summed E-state index contributed by atoms with van der Waals surface area (Å²) < 4.78 is 27.1. The van der Waals surface area contributed by atoms with Gasteiger partial charge in [-0.2, -0.15) is 53.6 Å². The Hall–Kier alpha value is -2.97. The van der Waals surface area contributed by atoms with E-state index in [0.717, 1.165) is 6.42 Å². The summed E-state index contributed by atoms with van der Waals surface area (Å²) >= 11 is 1.30. The SMILES string of the molecule is CC1=[C-]C(C)(C)c2cc3c(cc21)-c1cc2c(cc1C3)C(C)(C)C=C2C.CCC1[C-]=CC(C(C)(C)C)=C1.Cl.Cl.Fc1c[c-]ccc1.Fc1c[c-]ccc1.[CH2]=[Zr]. The van der Waals surface area contributed by atoms with Gasteiger partial charge in [-0.25, -0.2) is 11.6 Å². The summed E-state index contributed by atoms with van der Waals surface area (Å²) in [6, 6.07) is 26.9. The first-order valence-corrected chi connectivity index (χ1v) is 19.8. The van der Waals surface area contributed by atoms with Crippen molar-refractivity contribution in [3.05, 3.63) is 166 Å². The van der Waals surface area contributed by atoms with Crippen LogP contribution in [0.4, 0.5) is 8.78 Å². The van der Waals surface area contributed by atoms with Crippen LogP contribution < -0.4 is 0 Å². The van der Waals surface area contributed by atoms with Crippen LogP contribution in [0.1, 0.15) is 109 Å². The molecule has 0 fully saturated rings. The van der Waals surface area contributed by atoms with Gasteiger partial charge in [-0.15, -0.1) is 60.7 Å². The minimum atomic E-state index is -0.234. The topological polar surface area (TPSA) is 0 Å². The Balaban J connectivity index is 0.000000288. The molecule has 54 heavy (non-hydrogen) atoms. The molecule has 4 aromatic rings. The van der Waals surface area contributed by atoms with Crippen LogP contribution in [0.15, 0.2) is 96.6 Å². The van der Waals surface area contributed by atoms with Crippen molar-refractivity contribution in [2.45, 2.75) is 92.9 Å². The Labute approximate surface area is 352 Å². The van der Waals surface area contributed by atoms with Crippen LogP contribution in [0.25, 0.3) is 22.3 Å². The van der Waals surface area contributed by atoms with Gasteiger partial charge in [0.1, 0.15) is 0 Å². The normalized spacial score (nSPS) is 16.7. The summed E-state index contributed by atoms with van der Waals surface area (Å²) in [5.74, 6) is 0.106. The Kier molecular flexibility index (Phi) is 17.3. The molecule has 0 saturated heterocycles. The monoisotopic (exact) mass is 840 g/mol. The van der Waals surface area contributed by atoms with Gasteiger partial charge in [0, 0.05) is 17.0 Å². The zero-order chi connectivity index (χ0) is 38.4. The third kappa shape index (κ3) is 11.3. The summed E-state index contributed by atoms with van der Waals surface area (Å²) in [6.07, 6.45) is 16.1. The number of halogens is 4. The van der Waals surface area contributed by atoms with E-state index in [-0.39, 0.29) is 47.3 Å². The minimum absolute atomic E-state index is 0. The van der Waals surface area contributed by atoms with Crippen LogP contribution in [0.5, 0.6) is 0 Å². The van der Waals surface area contributed by atoms with E-state index < -0.39 is 0 Å². The van der Waals surface area contributed by atoms with Gasteiger partial charge < -0.3 is 0 Å². The molecule has 0 N–H and O–H groups in total. The number of fused-ring (bicyclic) bond motifs is 5. The third-order valence-electron chi connectivity index (χ3n) is 9.91. The van der Waals surface area contributed by atoms with E-state index in [4.69, 9.17) is 0 Å². The third-order valence-corrected chi connectivity index (χ3v) is 9.91. The van der Waals surface area contributed by atoms with Gasteiger partial charge in [-0.1, -0.05) is 104 Å². The number of allylic oxidation sites excluding steroid dienone is 8. The second kappa shape index (κ2) is 19.8. The fraction of sp³-hybridized carbons (Fsp3) is 0.327. The molecule has 4 aliphatic rings. The van der Waals surface area contributed by atoms with Crippen molar-refractivity contribution in [2.24, 2.45) is 11.3 Å². The van der Waals surface area contributed by atoms with Crippen LogP contribution in [-0.4, -0.2) is 4.21 Å². The Morgan fingerprint density at radius 2 is 1.31 bits per heavy atom. The molecule has 1 unspecified atom stereocenters. The average molecular weight is 843 g/mol. The van der Waals surface area contributed by atoms with E-state index in [9.17, 15) is 8.78 Å². The van der Waals surface area contributed by atoms with Crippen LogP contribution in [0.3, 0.4) is 0 Å². The quantitative estimate of drug-likeness (QED) is 0.148. The molecule has 0 amide bonds. The Morgan fingerprint density at radius 1 is 0.796 bits per heavy atom. The van der Waals surface area contributed by atoms with Crippen molar-refractivity contribution in [1.29, 1.82) is 0 Å². The van der Waals surface area contributed by atoms with Crippen LogP contribution in [-0.2, 0) is 41.5 Å². The maximum absolute atomic E-state index is 11.9. The van der Waals surface area contributed by atoms with E-state index in [1.807, 2.05) is 0 Å². The van der Waals surface area contributed by atoms with E-state index in [2.05, 4.69) is 140 Å². The van der Waals surface area contributed by atoms with Gasteiger partial charge in [0.05, 0.1) is 0 Å².